The Kier molecular flexibility index (Phi) is 5.05. The quantitative estimate of drug-likeness (QED) is 0.390. The zero-order valence-electron chi connectivity index (χ0n) is 17.6. The Hall–Kier alpha value is -4.54. The van der Waals surface area contributed by atoms with Crippen molar-refractivity contribution in [3.63, 3.8) is 0 Å². The van der Waals surface area contributed by atoms with Crippen molar-refractivity contribution in [2.45, 2.75) is 6.54 Å². The molecule has 10 nitrogen and oxygen atoms in total. The van der Waals surface area contributed by atoms with E-state index in [4.69, 9.17) is 14.0 Å². The molecule has 0 atom stereocenters. The fourth-order valence-corrected chi connectivity index (χ4v) is 3.35. The van der Waals surface area contributed by atoms with Crippen molar-refractivity contribution in [1.29, 1.82) is 0 Å². The van der Waals surface area contributed by atoms with E-state index in [9.17, 15) is 9.18 Å². The van der Waals surface area contributed by atoms with Crippen molar-refractivity contribution >= 4 is 5.52 Å². The molecule has 0 aliphatic heterocycles. The van der Waals surface area contributed by atoms with Crippen LogP contribution in [0.5, 0.6) is 11.5 Å². The van der Waals surface area contributed by atoms with Crippen LogP contribution in [0.15, 0.2) is 64.2 Å². The van der Waals surface area contributed by atoms with Crippen LogP contribution in [0, 0.1) is 5.82 Å². The van der Waals surface area contributed by atoms with E-state index in [0.29, 0.717) is 39.7 Å². The van der Waals surface area contributed by atoms with E-state index in [-0.39, 0.29) is 23.8 Å². The Balaban J connectivity index is 1.43. The van der Waals surface area contributed by atoms with Crippen LogP contribution in [0.3, 0.4) is 0 Å². The molecular weight excluding hydrogens is 431 g/mol. The standard InChI is InChI=1S/C22H17FN6O4/c1-31-18-8-5-14(9-19(18)32-2)21-25-20(33-27-21)11-28-22(30)17-10-16(26-29(17)12-24-28)13-3-6-15(23)7-4-13/h3-10,12H,11H2,1-2H3. The zero-order chi connectivity index (χ0) is 22.9. The zero-order valence-corrected chi connectivity index (χ0v) is 17.6. The van der Waals surface area contributed by atoms with Gasteiger partial charge in [-0.15, -0.1) is 0 Å². The molecule has 5 aromatic rings. The molecule has 0 saturated carbocycles. The molecule has 0 N–H and O–H groups in total. The third-order valence-electron chi connectivity index (χ3n) is 5.02. The van der Waals surface area contributed by atoms with Crippen molar-refractivity contribution in [2.75, 3.05) is 14.2 Å². The van der Waals surface area contributed by atoms with Crippen LogP contribution in [0.1, 0.15) is 5.89 Å². The molecule has 0 bridgehead atoms. The van der Waals surface area contributed by atoms with Crippen molar-refractivity contribution in [2.24, 2.45) is 0 Å². The van der Waals surface area contributed by atoms with Gasteiger partial charge in [0.05, 0.1) is 19.9 Å². The molecule has 0 unspecified atom stereocenters. The van der Waals surface area contributed by atoms with Crippen LogP contribution >= 0.6 is 0 Å². The van der Waals surface area contributed by atoms with Crippen LogP contribution in [-0.2, 0) is 6.54 Å². The number of hydrogen-bond acceptors (Lipinski definition) is 8. The molecule has 0 amide bonds. The first-order valence-electron chi connectivity index (χ1n) is 9.82. The first kappa shape index (κ1) is 20.4. The maximum absolute atomic E-state index is 13.2. The van der Waals surface area contributed by atoms with E-state index in [1.165, 1.54) is 34.8 Å². The maximum atomic E-state index is 13.2. The van der Waals surface area contributed by atoms with Crippen LogP contribution < -0.4 is 15.0 Å². The fraction of sp³-hybridized carbons (Fsp3) is 0.136. The minimum Gasteiger partial charge on any atom is -0.493 e. The Morgan fingerprint density at radius 2 is 1.76 bits per heavy atom. The minimum atomic E-state index is -0.385. The van der Waals surface area contributed by atoms with Gasteiger partial charge in [-0.1, -0.05) is 5.16 Å². The molecule has 166 valence electrons. The number of benzene rings is 2. The summed E-state index contributed by atoms with van der Waals surface area (Å²) in [6.45, 7) is -0.0211. The second-order valence-electron chi connectivity index (χ2n) is 7.04. The highest BCUT2D eigenvalue weighted by atomic mass is 19.1. The number of ether oxygens (including phenoxy) is 2. The smallest absolute Gasteiger partial charge is 0.293 e. The van der Waals surface area contributed by atoms with Gasteiger partial charge in [0.15, 0.2) is 11.5 Å². The van der Waals surface area contributed by atoms with Crippen molar-refractivity contribution < 1.29 is 18.4 Å². The van der Waals surface area contributed by atoms with E-state index >= 15 is 0 Å². The molecule has 0 spiro atoms. The van der Waals surface area contributed by atoms with Gasteiger partial charge in [-0.25, -0.2) is 13.6 Å². The lowest BCUT2D eigenvalue weighted by Crippen LogP contribution is -2.25. The minimum absolute atomic E-state index is 0.0211. The first-order valence-corrected chi connectivity index (χ1v) is 9.82. The molecule has 33 heavy (non-hydrogen) atoms. The van der Waals surface area contributed by atoms with E-state index < -0.39 is 0 Å². The second kappa shape index (κ2) is 8.19. The van der Waals surface area contributed by atoms with Gasteiger partial charge in [0.25, 0.3) is 5.56 Å². The number of fused-ring (bicyclic) bond motifs is 1. The maximum Gasteiger partial charge on any atom is 0.293 e. The predicted molar refractivity (Wildman–Crippen MR) is 115 cm³/mol. The van der Waals surface area contributed by atoms with Crippen LogP contribution in [0.4, 0.5) is 4.39 Å². The first-order chi connectivity index (χ1) is 16.1. The van der Waals surface area contributed by atoms with Gasteiger partial charge < -0.3 is 14.0 Å². The lowest BCUT2D eigenvalue weighted by Gasteiger charge is -2.07. The highest BCUT2D eigenvalue weighted by Gasteiger charge is 2.15. The van der Waals surface area contributed by atoms with E-state index in [0.717, 1.165) is 0 Å². The van der Waals surface area contributed by atoms with Gasteiger partial charge in [-0.3, -0.25) is 4.79 Å². The Morgan fingerprint density at radius 1 is 1.00 bits per heavy atom. The SMILES string of the molecule is COc1ccc(-c2noc(Cn3ncn4nc(-c5ccc(F)cc5)cc4c3=O)n2)cc1OC. The average Bonchev–Trinajstić information content (AvgIpc) is 3.49. The summed E-state index contributed by atoms with van der Waals surface area (Å²) < 4.78 is 31.6. The molecule has 3 heterocycles. The highest BCUT2D eigenvalue weighted by molar-refractivity contribution is 5.65. The number of aromatic nitrogens is 6. The van der Waals surface area contributed by atoms with Gasteiger partial charge in [-0.2, -0.15) is 15.2 Å². The third-order valence-corrected chi connectivity index (χ3v) is 5.02. The summed E-state index contributed by atoms with van der Waals surface area (Å²) in [5.74, 6) is 1.30. The van der Waals surface area contributed by atoms with E-state index in [1.54, 1.807) is 43.5 Å². The largest absolute Gasteiger partial charge is 0.493 e. The Labute approximate surface area is 185 Å². The van der Waals surface area contributed by atoms with Gasteiger partial charge in [0, 0.05) is 11.1 Å². The number of hydrogen-bond donors (Lipinski definition) is 0. The highest BCUT2D eigenvalue weighted by Crippen LogP contribution is 2.31. The predicted octanol–water partition coefficient (Wildman–Crippen LogP) is 2.81. The third kappa shape index (κ3) is 3.80. The topological polar surface area (TPSA) is 110 Å². The van der Waals surface area contributed by atoms with E-state index in [1.807, 2.05) is 0 Å². The summed E-state index contributed by atoms with van der Waals surface area (Å²) >= 11 is 0. The van der Waals surface area contributed by atoms with Crippen molar-refractivity contribution in [3.05, 3.63) is 76.9 Å². The Bertz CT molecular complexity index is 1510. The van der Waals surface area contributed by atoms with Gasteiger partial charge in [-0.05, 0) is 48.5 Å². The molecule has 5 rings (SSSR count). The molecule has 11 heteroatoms. The normalized spacial score (nSPS) is 11.1. The van der Waals surface area contributed by atoms with Gasteiger partial charge in [0.1, 0.15) is 24.2 Å². The summed E-state index contributed by atoms with van der Waals surface area (Å²) in [4.78, 5) is 17.3. The van der Waals surface area contributed by atoms with Crippen molar-refractivity contribution in [3.8, 4) is 34.1 Å². The monoisotopic (exact) mass is 448 g/mol. The summed E-state index contributed by atoms with van der Waals surface area (Å²) in [6, 6.07) is 12.7. The number of nitrogens with zero attached hydrogens (tertiary/aromatic N) is 6. The fourth-order valence-electron chi connectivity index (χ4n) is 3.35. The molecule has 0 saturated heterocycles. The average molecular weight is 448 g/mol. The van der Waals surface area contributed by atoms with Crippen molar-refractivity contribution in [1.82, 2.24) is 29.5 Å². The summed E-state index contributed by atoms with van der Waals surface area (Å²) in [6.07, 6.45) is 1.41. The second-order valence-corrected chi connectivity index (χ2v) is 7.04. The van der Waals surface area contributed by atoms with Crippen LogP contribution in [-0.4, -0.2) is 43.8 Å². The molecule has 0 aliphatic rings. The Morgan fingerprint density at radius 3 is 2.52 bits per heavy atom. The molecular formula is C22H17FN6O4. The molecule has 0 radical (unpaired) electrons. The van der Waals surface area contributed by atoms with Crippen LogP contribution in [0.2, 0.25) is 0 Å². The molecule has 0 fully saturated rings. The van der Waals surface area contributed by atoms with E-state index in [2.05, 4.69) is 20.3 Å². The van der Waals surface area contributed by atoms with Crippen LogP contribution in [0.25, 0.3) is 28.2 Å². The number of rotatable bonds is 6. The summed E-state index contributed by atoms with van der Waals surface area (Å²) in [7, 11) is 3.09. The summed E-state index contributed by atoms with van der Waals surface area (Å²) in [5.41, 5.74) is 1.80. The van der Waals surface area contributed by atoms with Gasteiger partial charge in [0.2, 0.25) is 11.7 Å². The molecule has 2 aromatic carbocycles. The summed E-state index contributed by atoms with van der Waals surface area (Å²) in [5, 5.41) is 12.5. The molecule has 0 aliphatic carbocycles. The number of halogens is 1. The lowest BCUT2D eigenvalue weighted by atomic mass is 10.1. The lowest BCUT2D eigenvalue weighted by molar-refractivity contribution is 0.355. The number of methoxy groups -OCH3 is 2. The van der Waals surface area contributed by atoms with Gasteiger partial charge >= 0.3 is 0 Å². The molecule has 3 aromatic heterocycles.